The summed E-state index contributed by atoms with van der Waals surface area (Å²) in [5.74, 6) is 0.215. The Hall–Kier alpha value is -2.58. The van der Waals surface area contributed by atoms with Crippen LogP contribution in [0, 0.1) is 0 Å². The SMILES string of the molecule is CCCCNc1cc(C(=O)N(C)C)cc(S(N)(=O)=O)c1Oc1ccccc1. The molecule has 2 aromatic rings. The molecule has 0 spiro atoms. The Morgan fingerprint density at radius 2 is 1.85 bits per heavy atom. The lowest BCUT2D eigenvalue weighted by molar-refractivity contribution is 0.0827. The number of sulfonamides is 1. The van der Waals surface area contributed by atoms with Crippen LogP contribution in [0.15, 0.2) is 47.4 Å². The fourth-order valence-electron chi connectivity index (χ4n) is 2.44. The number of unbranched alkanes of at least 4 members (excludes halogenated alkanes) is 1. The predicted octanol–water partition coefficient (Wildman–Crippen LogP) is 3.04. The Bertz CT molecular complexity index is 897. The van der Waals surface area contributed by atoms with Crippen LogP contribution in [0.25, 0.3) is 0 Å². The van der Waals surface area contributed by atoms with E-state index in [0.717, 1.165) is 12.8 Å². The molecule has 0 fully saturated rings. The first-order valence-corrected chi connectivity index (χ1v) is 10.2. The molecule has 27 heavy (non-hydrogen) atoms. The van der Waals surface area contributed by atoms with Gasteiger partial charge in [-0.3, -0.25) is 4.79 Å². The van der Waals surface area contributed by atoms with Crippen molar-refractivity contribution in [3.8, 4) is 11.5 Å². The number of nitrogens with zero attached hydrogens (tertiary/aromatic N) is 1. The molecule has 0 unspecified atom stereocenters. The van der Waals surface area contributed by atoms with Gasteiger partial charge in [0.15, 0.2) is 5.75 Å². The predicted molar refractivity (Wildman–Crippen MR) is 106 cm³/mol. The van der Waals surface area contributed by atoms with Gasteiger partial charge in [0.05, 0.1) is 5.69 Å². The van der Waals surface area contributed by atoms with E-state index >= 15 is 0 Å². The average molecular weight is 391 g/mol. The first-order valence-electron chi connectivity index (χ1n) is 8.63. The summed E-state index contributed by atoms with van der Waals surface area (Å²) in [5, 5.41) is 8.59. The Balaban J connectivity index is 2.63. The molecule has 2 aromatic carbocycles. The number of anilines is 1. The topological polar surface area (TPSA) is 102 Å². The first kappa shape index (κ1) is 20.7. The molecule has 2 rings (SSSR count). The van der Waals surface area contributed by atoms with E-state index in [0.29, 0.717) is 18.0 Å². The lowest BCUT2D eigenvalue weighted by Gasteiger charge is -2.19. The lowest BCUT2D eigenvalue weighted by Crippen LogP contribution is -2.23. The molecule has 7 nitrogen and oxygen atoms in total. The number of benzene rings is 2. The van der Waals surface area contributed by atoms with Crippen LogP contribution >= 0.6 is 0 Å². The summed E-state index contributed by atoms with van der Waals surface area (Å²) < 4.78 is 30.3. The molecule has 0 saturated heterocycles. The second-order valence-electron chi connectivity index (χ2n) is 6.29. The third-order valence-electron chi connectivity index (χ3n) is 3.82. The van der Waals surface area contributed by atoms with Crippen molar-refractivity contribution in [2.75, 3.05) is 26.0 Å². The van der Waals surface area contributed by atoms with Crippen molar-refractivity contribution in [1.29, 1.82) is 0 Å². The highest BCUT2D eigenvalue weighted by atomic mass is 32.2. The van der Waals surface area contributed by atoms with Gasteiger partial charge in [0.25, 0.3) is 5.91 Å². The van der Waals surface area contributed by atoms with Gasteiger partial charge in [-0.15, -0.1) is 0 Å². The molecule has 0 atom stereocenters. The van der Waals surface area contributed by atoms with E-state index in [1.165, 1.54) is 11.0 Å². The standard InChI is InChI=1S/C19H25N3O4S/c1-4-5-11-21-16-12-14(19(23)22(2)3)13-17(27(20,24)25)18(16)26-15-9-7-6-8-10-15/h6-10,12-13,21H,4-5,11H2,1-3H3,(H2,20,24,25). The van der Waals surface area contributed by atoms with Crippen LogP contribution in [-0.2, 0) is 10.0 Å². The molecule has 3 N–H and O–H groups in total. The number of carbonyl (C=O) groups excluding carboxylic acids is 1. The summed E-state index contributed by atoms with van der Waals surface area (Å²) in [5.41, 5.74) is 0.618. The van der Waals surface area contributed by atoms with Crippen molar-refractivity contribution in [2.24, 2.45) is 5.14 Å². The molecule has 0 radical (unpaired) electrons. The van der Waals surface area contributed by atoms with E-state index in [1.807, 2.05) is 13.0 Å². The number of rotatable bonds is 8. The molecule has 1 amide bonds. The zero-order valence-electron chi connectivity index (χ0n) is 15.7. The Labute approximate surface area is 160 Å². The van der Waals surface area contributed by atoms with E-state index in [1.54, 1.807) is 44.4 Å². The number of primary sulfonamides is 1. The quantitative estimate of drug-likeness (QED) is 0.674. The largest absolute Gasteiger partial charge is 0.454 e. The van der Waals surface area contributed by atoms with Crippen molar-refractivity contribution >= 4 is 21.6 Å². The molecule has 0 aliphatic heterocycles. The summed E-state index contributed by atoms with van der Waals surface area (Å²) in [6, 6.07) is 11.6. The summed E-state index contributed by atoms with van der Waals surface area (Å²) in [7, 11) is -0.935. The Morgan fingerprint density at radius 3 is 2.41 bits per heavy atom. The third-order valence-corrected chi connectivity index (χ3v) is 4.74. The molecule has 8 heteroatoms. The molecule has 0 saturated carbocycles. The maximum atomic E-state index is 12.4. The van der Waals surface area contributed by atoms with Gasteiger partial charge in [0.1, 0.15) is 10.6 Å². The molecule has 146 valence electrons. The number of ether oxygens (including phenoxy) is 1. The number of hydrogen-bond acceptors (Lipinski definition) is 5. The molecule has 0 aliphatic rings. The fraction of sp³-hybridized carbons (Fsp3) is 0.316. The van der Waals surface area contributed by atoms with Crippen LogP contribution in [0.3, 0.4) is 0 Å². The zero-order chi connectivity index (χ0) is 20.0. The number of hydrogen-bond donors (Lipinski definition) is 2. The molecule has 0 aromatic heterocycles. The first-order chi connectivity index (χ1) is 12.7. The third kappa shape index (κ3) is 5.45. The van der Waals surface area contributed by atoms with Gasteiger partial charge in [-0.2, -0.15) is 0 Å². The summed E-state index contributed by atoms with van der Waals surface area (Å²) in [6.07, 6.45) is 1.83. The van der Waals surface area contributed by atoms with Crippen LogP contribution in [0.1, 0.15) is 30.1 Å². The van der Waals surface area contributed by atoms with E-state index in [9.17, 15) is 13.2 Å². The highest BCUT2D eigenvalue weighted by molar-refractivity contribution is 7.89. The number of nitrogens with two attached hydrogens (primary N) is 1. The van der Waals surface area contributed by atoms with Crippen molar-refractivity contribution in [1.82, 2.24) is 4.90 Å². The second kappa shape index (κ2) is 8.88. The van der Waals surface area contributed by atoms with Crippen LogP contribution in [-0.4, -0.2) is 39.9 Å². The van der Waals surface area contributed by atoms with Gasteiger partial charge in [-0.05, 0) is 30.7 Å². The van der Waals surface area contributed by atoms with Crippen molar-refractivity contribution < 1.29 is 17.9 Å². The van der Waals surface area contributed by atoms with Gasteiger partial charge in [-0.1, -0.05) is 31.5 Å². The molecular weight excluding hydrogens is 366 g/mol. The number of para-hydroxylation sites is 1. The molecule has 0 bridgehead atoms. The summed E-state index contributed by atoms with van der Waals surface area (Å²) in [4.78, 5) is 13.5. The second-order valence-corrected chi connectivity index (χ2v) is 7.82. The van der Waals surface area contributed by atoms with E-state index in [-0.39, 0.29) is 22.1 Å². The van der Waals surface area contributed by atoms with E-state index in [4.69, 9.17) is 9.88 Å². The number of nitrogens with one attached hydrogen (secondary N) is 1. The summed E-state index contributed by atoms with van der Waals surface area (Å²) >= 11 is 0. The highest BCUT2D eigenvalue weighted by Gasteiger charge is 2.24. The number of carbonyl (C=O) groups is 1. The van der Waals surface area contributed by atoms with Crippen molar-refractivity contribution in [3.63, 3.8) is 0 Å². The van der Waals surface area contributed by atoms with E-state index in [2.05, 4.69) is 5.32 Å². The number of amides is 1. The average Bonchev–Trinajstić information content (AvgIpc) is 2.62. The minimum atomic E-state index is -4.12. The lowest BCUT2D eigenvalue weighted by atomic mass is 10.1. The van der Waals surface area contributed by atoms with Crippen LogP contribution in [0.4, 0.5) is 5.69 Å². The van der Waals surface area contributed by atoms with Crippen LogP contribution in [0.2, 0.25) is 0 Å². The zero-order valence-corrected chi connectivity index (χ0v) is 16.5. The maximum Gasteiger partial charge on any atom is 0.253 e. The Morgan fingerprint density at radius 1 is 1.19 bits per heavy atom. The minimum Gasteiger partial charge on any atom is -0.454 e. The maximum absolute atomic E-state index is 12.4. The smallest absolute Gasteiger partial charge is 0.253 e. The van der Waals surface area contributed by atoms with Crippen molar-refractivity contribution in [2.45, 2.75) is 24.7 Å². The van der Waals surface area contributed by atoms with Gasteiger partial charge in [-0.25, -0.2) is 13.6 Å². The minimum absolute atomic E-state index is 0.0788. The molecular formula is C19H25N3O4S. The molecule has 0 heterocycles. The van der Waals surface area contributed by atoms with Gasteiger partial charge < -0.3 is 15.0 Å². The normalized spacial score (nSPS) is 11.1. The van der Waals surface area contributed by atoms with Crippen LogP contribution in [0.5, 0.6) is 11.5 Å². The van der Waals surface area contributed by atoms with E-state index < -0.39 is 10.0 Å². The summed E-state index contributed by atoms with van der Waals surface area (Å²) in [6.45, 7) is 2.65. The van der Waals surface area contributed by atoms with Crippen molar-refractivity contribution in [3.05, 3.63) is 48.0 Å². The monoisotopic (exact) mass is 391 g/mol. The fourth-order valence-corrected chi connectivity index (χ4v) is 3.14. The Kier molecular flexibility index (Phi) is 6.81. The van der Waals surface area contributed by atoms with Gasteiger partial charge >= 0.3 is 0 Å². The highest BCUT2D eigenvalue weighted by Crippen LogP contribution is 2.37. The van der Waals surface area contributed by atoms with Gasteiger partial charge in [0.2, 0.25) is 10.0 Å². The molecule has 0 aliphatic carbocycles. The van der Waals surface area contributed by atoms with Crippen LogP contribution < -0.4 is 15.2 Å². The van der Waals surface area contributed by atoms with Gasteiger partial charge in [0, 0.05) is 26.2 Å².